The molecule has 1 N–H and O–H groups in total. The molecule has 0 aliphatic carbocycles. The molecule has 0 saturated carbocycles. The van der Waals surface area contributed by atoms with Crippen LogP contribution in [-0.2, 0) is 0 Å². The molecule has 5 nitrogen and oxygen atoms in total. The van der Waals surface area contributed by atoms with Crippen molar-refractivity contribution in [3.63, 3.8) is 0 Å². The molecule has 1 fully saturated rings. The zero-order chi connectivity index (χ0) is 10.5. The zero-order valence-corrected chi connectivity index (χ0v) is 8.31. The van der Waals surface area contributed by atoms with Gasteiger partial charge in [0, 0.05) is 6.54 Å². The highest BCUT2D eigenvalue weighted by Crippen LogP contribution is 2.11. The van der Waals surface area contributed by atoms with Gasteiger partial charge in [-0.15, -0.1) is 0 Å². The Labute approximate surface area is 88.1 Å². The lowest BCUT2D eigenvalue weighted by molar-refractivity contribution is 0.160. The minimum Gasteiger partial charge on any atom is -0.472 e. The van der Waals surface area contributed by atoms with E-state index >= 15 is 0 Å². The van der Waals surface area contributed by atoms with Gasteiger partial charge < -0.3 is 10.1 Å². The van der Waals surface area contributed by atoms with Gasteiger partial charge in [-0.05, 0) is 19.4 Å². The summed E-state index contributed by atoms with van der Waals surface area (Å²) in [6, 6.07) is 1.92. The van der Waals surface area contributed by atoms with Crippen molar-refractivity contribution in [1.29, 1.82) is 5.26 Å². The third-order valence-corrected chi connectivity index (χ3v) is 2.28. The lowest BCUT2D eigenvalue weighted by atomic mass is 10.1. The standard InChI is InChI=1S/C10H12N4O/c11-4-8-5-14-10(7-13-8)15-9-2-1-3-12-6-9/h5,7,9,12H,1-3,6H2. The van der Waals surface area contributed by atoms with Crippen LogP contribution in [0.4, 0.5) is 0 Å². The predicted octanol–water partition coefficient (Wildman–Crippen LogP) is 0.479. The largest absolute Gasteiger partial charge is 0.472 e. The van der Waals surface area contributed by atoms with Crippen molar-refractivity contribution in [2.45, 2.75) is 18.9 Å². The quantitative estimate of drug-likeness (QED) is 0.758. The number of nitriles is 1. The summed E-state index contributed by atoms with van der Waals surface area (Å²) in [7, 11) is 0. The van der Waals surface area contributed by atoms with Crippen LogP contribution in [0.15, 0.2) is 12.4 Å². The second-order valence-electron chi connectivity index (χ2n) is 3.44. The Bertz CT molecular complexity index is 351. The zero-order valence-electron chi connectivity index (χ0n) is 8.31. The summed E-state index contributed by atoms with van der Waals surface area (Å²) in [5.74, 6) is 0.489. The molecule has 1 aromatic rings. The van der Waals surface area contributed by atoms with Crippen molar-refractivity contribution < 1.29 is 4.74 Å². The Morgan fingerprint density at radius 1 is 1.47 bits per heavy atom. The Hall–Kier alpha value is -1.67. The first-order valence-electron chi connectivity index (χ1n) is 4.98. The van der Waals surface area contributed by atoms with E-state index in [1.165, 1.54) is 12.4 Å². The van der Waals surface area contributed by atoms with Crippen molar-refractivity contribution in [2.75, 3.05) is 13.1 Å². The van der Waals surface area contributed by atoms with Gasteiger partial charge in [-0.1, -0.05) is 0 Å². The summed E-state index contributed by atoms with van der Waals surface area (Å²) in [5, 5.41) is 11.8. The molecule has 0 radical (unpaired) electrons. The van der Waals surface area contributed by atoms with Crippen molar-refractivity contribution in [3.05, 3.63) is 18.1 Å². The number of hydrogen-bond acceptors (Lipinski definition) is 5. The van der Waals surface area contributed by atoms with Gasteiger partial charge in [0.15, 0.2) is 5.69 Å². The van der Waals surface area contributed by atoms with Gasteiger partial charge in [-0.3, -0.25) is 0 Å². The van der Waals surface area contributed by atoms with E-state index in [1.54, 1.807) is 0 Å². The van der Waals surface area contributed by atoms with Gasteiger partial charge in [0.25, 0.3) is 0 Å². The number of nitrogens with zero attached hydrogens (tertiary/aromatic N) is 3. The second kappa shape index (κ2) is 4.71. The Morgan fingerprint density at radius 3 is 3.00 bits per heavy atom. The fourth-order valence-electron chi connectivity index (χ4n) is 1.53. The lowest BCUT2D eigenvalue weighted by Crippen LogP contribution is -2.37. The number of hydrogen-bond donors (Lipinski definition) is 1. The molecule has 5 heteroatoms. The molecular formula is C10H12N4O. The van der Waals surface area contributed by atoms with Gasteiger partial charge in [0.1, 0.15) is 12.2 Å². The van der Waals surface area contributed by atoms with Crippen LogP contribution in [0, 0.1) is 11.3 Å². The van der Waals surface area contributed by atoms with Gasteiger partial charge in [0.2, 0.25) is 5.88 Å². The second-order valence-corrected chi connectivity index (χ2v) is 3.44. The van der Waals surface area contributed by atoms with E-state index in [0.29, 0.717) is 11.6 Å². The first-order valence-corrected chi connectivity index (χ1v) is 4.98. The van der Waals surface area contributed by atoms with Gasteiger partial charge in [-0.25, -0.2) is 9.97 Å². The van der Waals surface area contributed by atoms with Crippen LogP contribution < -0.4 is 10.1 Å². The number of piperidine rings is 1. The van der Waals surface area contributed by atoms with Crippen molar-refractivity contribution in [1.82, 2.24) is 15.3 Å². The van der Waals surface area contributed by atoms with Crippen LogP contribution in [0.1, 0.15) is 18.5 Å². The van der Waals surface area contributed by atoms with Crippen LogP contribution in [-0.4, -0.2) is 29.2 Å². The first kappa shape index (κ1) is 9.87. The normalized spacial score (nSPS) is 20.6. The highest BCUT2D eigenvalue weighted by Gasteiger charge is 2.14. The highest BCUT2D eigenvalue weighted by molar-refractivity contribution is 5.18. The van der Waals surface area contributed by atoms with E-state index in [4.69, 9.17) is 10.00 Å². The summed E-state index contributed by atoms with van der Waals surface area (Å²) >= 11 is 0. The fraction of sp³-hybridized carbons (Fsp3) is 0.500. The molecule has 0 amide bonds. The summed E-state index contributed by atoms with van der Waals surface area (Å²) in [4.78, 5) is 7.90. The molecule has 78 valence electrons. The molecule has 15 heavy (non-hydrogen) atoms. The van der Waals surface area contributed by atoms with E-state index in [9.17, 15) is 0 Å². The smallest absolute Gasteiger partial charge is 0.232 e. The van der Waals surface area contributed by atoms with Gasteiger partial charge >= 0.3 is 0 Å². The van der Waals surface area contributed by atoms with Crippen LogP contribution in [0.25, 0.3) is 0 Å². The molecule has 2 rings (SSSR count). The van der Waals surface area contributed by atoms with Crippen LogP contribution in [0.2, 0.25) is 0 Å². The summed E-state index contributed by atoms with van der Waals surface area (Å²) in [5.41, 5.74) is 0.309. The molecule has 1 aliphatic heterocycles. The minimum atomic E-state index is 0.168. The Kier molecular flexibility index (Phi) is 3.10. The minimum absolute atomic E-state index is 0.168. The van der Waals surface area contributed by atoms with Gasteiger partial charge in [0.05, 0.1) is 12.4 Å². The van der Waals surface area contributed by atoms with Crippen LogP contribution in [0.5, 0.6) is 5.88 Å². The lowest BCUT2D eigenvalue weighted by Gasteiger charge is -2.22. The van der Waals surface area contributed by atoms with Crippen molar-refractivity contribution in [3.8, 4) is 11.9 Å². The molecular weight excluding hydrogens is 192 g/mol. The van der Waals surface area contributed by atoms with E-state index in [1.807, 2.05) is 6.07 Å². The first-order chi connectivity index (χ1) is 7.38. The predicted molar refractivity (Wildman–Crippen MR) is 53.3 cm³/mol. The molecule has 1 unspecified atom stereocenters. The maximum Gasteiger partial charge on any atom is 0.232 e. The molecule has 1 aromatic heterocycles. The number of rotatable bonds is 2. The number of ether oxygens (including phenoxy) is 1. The average Bonchev–Trinajstić information content (AvgIpc) is 2.31. The summed E-state index contributed by atoms with van der Waals surface area (Å²) in [6.45, 7) is 1.90. The molecule has 0 bridgehead atoms. The van der Waals surface area contributed by atoms with Gasteiger partial charge in [-0.2, -0.15) is 5.26 Å². The topological polar surface area (TPSA) is 70.8 Å². The Balaban J connectivity index is 1.95. The number of nitrogens with one attached hydrogen (secondary N) is 1. The summed E-state index contributed by atoms with van der Waals surface area (Å²) in [6.07, 6.45) is 5.24. The molecule has 1 atom stereocenters. The maximum absolute atomic E-state index is 8.55. The summed E-state index contributed by atoms with van der Waals surface area (Å²) < 4.78 is 5.61. The maximum atomic E-state index is 8.55. The molecule has 1 aliphatic rings. The third kappa shape index (κ3) is 2.64. The Morgan fingerprint density at radius 2 is 2.40 bits per heavy atom. The molecule has 0 spiro atoms. The van der Waals surface area contributed by atoms with E-state index in [0.717, 1.165) is 25.9 Å². The van der Waals surface area contributed by atoms with E-state index < -0.39 is 0 Å². The van der Waals surface area contributed by atoms with Crippen LogP contribution >= 0.6 is 0 Å². The molecule has 2 heterocycles. The monoisotopic (exact) mass is 204 g/mol. The molecule has 1 saturated heterocycles. The van der Waals surface area contributed by atoms with Crippen molar-refractivity contribution >= 4 is 0 Å². The van der Waals surface area contributed by atoms with E-state index in [2.05, 4.69) is 15.3 Å². The van der Waals surface area contributed by atoms with Crippen LogP contribution in [0.3, 0.4) is 0 Å². The fourth-order valence-corrected chi connectivity index (χ4v) is 1.53. The molecule has 0 aromatic carbocycles. The average molecular weight is 204 g/mol. The SMILES string of the molecule is N#Cc1cnc(OC2CCCNC2)cn1. The number of aromatic nitrogens is 2. The highest BCUT2D eigenvalue weighted by atomic mass is 16.5. The third-order valence-electron chi connectivity index (χ3n) is 2.28. The van der Waals surface area contributed by atoms with E-state index in [-0.39, 0.29) is 6.10 Å². The van der Waals surface area contributed by atoms with Crippen molar-refractivity contribution in [2.24, 2.45) is 0 Å².